The molecule has 1 aromatic carbocycles. The second-order valence-electron chi connectivity index (χ2n) is 10.2. The molecule has 34 heavy (non-hydrogen) atoms. The van der Waals surface area contributed by atoms with Crippen molar-refractivity contribution in [1.82, 2.24) is 10.2 Å². The molecule has 1 N–H and O–H groups in total. The Morgan fingerprint density at radius 3 is 2.24 bits per heavy atom. The molecule has 0 unspecified atom stereocenters. The van der Waals surface area contributed by atoms with E-state index in [0.29, 0.717) is 42.8 Å². The topological polar surface area (TPSA) is 92.8 Å². The number of nitrogens with one attached hydrogen (secondary N) is 1. The Labute approximate surface area is 205 Å². The average molecular weight is 487 g/mol. The summed E-state index contributed by atoms with van der Waals surface area (Å²) in [4.78, 5) is 52.8. The molecule has 1 spiro atoms. The number of amides is 3. The number of ketones is 2. The molecular weight excluding hydrogens is 456 g/mol. The van der Waals surface area contributed by atoms with Gasteiger partial charge in [0.2, 0.25) is 5.91 Å². The third-order valence-corrected chi connectivity index (χ3v) is 6.94. The van der Waals surface area contributed by atoms with Gasteiger partial charge in [0, 0.05) is 47.5 Å². The highest BCUT2D eigenvalue weighted by Crippen LogP contribution is 2.48. The summed E-state index contributed by atoms with van der Waals surface area (Å²) in [6.45, 7) is 7.68. The number of ether oxygens (including phenoxy) is 1. The van der Waals surface area contributed by atoms with Crippen LogP contribution in [0, 0.1) is 22.7 Å². The van der Waals surface area contributed by atoms with Crippen molar-refractivity contribution >= 4 is 35.1 Å². The zero-order valence-electron chi connectivity index (χ0n) is 20.3. The number of imide groups is 1. The highest BCUT2D eigenvalue weighted by Gasteiger charge is 2.48. The maximum atomic E-state index is 13.3. The summed E-state index contributed by atoms with van der Waals surface area (Å²) >= 11 is 6.49. The normalized spacial score (nSPS) is 18.4. The molecule has 8 heteroatoms. The number of hydrogen-bond donors (Lipinski definition) is 1. The van der Waals surface area contributed by atoms with Gasteiger partial charge >= 0.3 is 6.03 Å². The minimum absolute atomic E-state index is 0.188. The molecule has 0 atom stereocenters. The van der Waals surface area contributed by atoms with Crippen LogP contribution in [0.15, 0.2) is 12.1 Å². The van der Waals surface area contributed by atoms with Crippen LogP contribution < -0.4 is 10.1 Å². The van der Waals surface area contributed by atoms with Crippen molar-refractivity contribution < 1.29 is 23.9 Å². The minimum atomic E-state index is -0.970. The maximum absolute atomic E-state index is 13.3. The molecule has 7 nitrogen and oxygen atoms in total. The molecule has 1 aromatic rings. The van der Waals surface area contributed by atoms with E-state index in [4.69, 9.17) is 16.3 Å². The summed E-state index contributed by atoms with van der Waals surface area (Å²) in [5, 5.41) is 2.72. The number of urea groups is 1. The van der Waals surface area contributed by atoms with E-state index < -0.39 is 22.8 Å². The Bertz CT molecular complexity index is 1060. The quantitative estimate of drug-likeness (QED) is 0.502. The summed E-state index contributed by atoms with van der Waals surface area (Å²) in [5.74, 6) is 4.40. The SMILES string of the molecule is CC#Cc1cc(Cl)c(C2C(=O)CC3(CCN(C(=O)NC(=O)C(C)(C)C)CC3)CC2=O)c(OC)c1. The molecule has 0 aromatic heterocycles. The third-order valence-electron chi connectivity index (χ3n) is 6.62. The Hall–Kier alpha value is -2.85. The van der Waals surface area contributed by atoms with Gasteiger partial charge in [0.15, 0.2) is 0 Å². The Morgan fingerprint density at radius 1 is 1.15 bits per heavy atom. The number of hydrogen-bond acceptors (Lipinski definition) is 5. The van der Waals surface area contributed by atoms with Crippen molar-refractivity contribution in [3.63, 3.8) is 0 Å². The molecule has 3 rings (SSSR count). The smallest absolute Gasteiger partial charge is 0.324 e. The molecule has 0 radical (unpaired) electrons. The molecule has 1 saturated heterocycles. The summed E-state index contributed by atoms with van der Waals surface area (Å²) in [5.41, 5.74) is -0.111. The molecule has 1 aliphatic carbocycles. The third kappa shape index (κ3) is 5.28. The predicted molar refractivity (Wildman–Crippen MR) is 129 cm³/mol. The summed E-state index contributed by atoms with van der Waals surface area (Å²) in [6, 6.07) is 2.91. The number of carbonyl (C=O) groups is 4. The average Bonchev–Trinajstić information content (AvgIpc) is 2.74. The van der Waals surface area contributed by atoms with Crippen molar-refractivity contribution in [2.24, 2.45) is 10.8 Å². The first-order chi connectivity index (χ1) is 15.9. The summed E-state index contributed by atoms with van der Waals surface area (Å²) in [6.07, 6.45) is 1.50. The summed E-state index contributed by atoms with van der Waals surface area (Å²) < 4.78 is 5.46. The van der Waals surface area contributed by atoms with Crippen LogP contribution in [-0.4, -0.2) is 48.6 Å². The monoisotopic (exact) mass is 486 g/mol. The number of rotatable bonds is 2. The zero-order chi connectivity index (χ0) is 25.3. The number of piperidine rings is 1. The molecule has 1 aliphatic heterocycles. The lowest BCUT2D eigenvalue weighted by Crippen LogP contribution is -2.52. The van der Waals surface area contributed by atoms with Gasteiger partial charge in [-0.2, -0.15) is 0 Å². The fourth-order valence-corrected chi connectivity index (χ4v) is 4.99. The van der Waals surface area contributed by atoms with Crippen LogP contribution in [0.2, 0.25) is 5.02 Å². The summed E-state index contributed by atoms with van der Waals surface area (Å²) in [7, 11) is 1.47. The standard InChI is InChI=1S/C26H31ClN2O5/c1-6-7-16-12-17(27)21(20(13-16)34-5)22-18(30)14-26(15-19(22)31)8-10-29(11-9-26)24(33)28-23(32)25(2,3)4/h12-13,22H,8-11,14-15H2,1-5H3,(H,28,32,33). The van der Waals surface area contributed by atoms with Crippen LogP contribution in [0.5, 0.6) is 5.75 Å². The van der Waals surface area contributed by atoms with Gasteiger partial charge in [-0.1, -0.05) is 38.3 Å². The molecular formula is C26H31ClN2O5. The van der Waals surface area contributed by atoms with E-state index in [-0.39, 0.29) is 35.3 Å². The lowest BCUT2D eigenvalue weighted by Gasteiger charge is -2.44. The highest BCUT2D eigenvalue weighted by molar-refractivity contribution is 6.32. The first-order valence-corrected chi connectivity index (χ1v) is 11.7. The van der Waals surface area contributed by atoms with E-state index in [9.17, 15) is 19.2 Å². The number of methoxy groups -OCH3 is 1. The van der Waals surface area contributed by atoms with Crippen molar-refractivity contribution in [1.29, 1.82) is 0 Å². The number of halogens is 1. The molecule has 1 heterocycles. The molecule has 3 amide bonds. The number of likely N-dealkylation sites (tertiary alicyclic amines) is 1. The van der Waals surface area contributed by atoms with Crippen molar-refractivity contribution in [3.8, 4) is 17.6 Å². The van der Waals surface area contributed by atoms with Crippen molar-refractivity contribution in [2.75, 3.05) is 20.2 Å². The van der Waals surface area contributed by atoms with Crippen molar-refractivity contribution in [2.45, 2.75) is 59.3 Å². The molecule has 2 aliphatic rings. The van der Waals surface area contributed by atoms with E-state index in [1.165, 1.54) is 7.11 Å². The van der Waals surface area contributed by atoms with Crippen LogP contribution in [0.1, 0.15) is 70.4 Å². The van der Waals surface area contributed by atoms with Gasteiger partial charge in [0.1, 0.15) is 23.2 Å². The highest BCUT2D eigenvalue weighted by atomic mass is 35.5. The van der Waals surface area contributed by atoms with E-state index in [2.05, 4.69) is 17.2 Å². The Balaban J connectivity index is 1.73. The van der Waals surface area contributed by atoms with Crippen LogP contribution in [0.25, 0.3) is 0 Å². The fourth-order valence-electron chi connectivity index (χ4n) is 4.67. The predicted octanol–water partition coefficient (Wildman–Crippen LogP) is 4.10. The van der Waals surface area contributed by atoms with Gasteiger partial charge in [-0.05, 0) is 37.3 Å². The number of Topliss-reactive ketones (excluding diaryl/α,β-unsaturated/α-hetero) is 2. The second-order valence-corrected chi connectivity index (χ2v) is 10.6. The molecule has 182 valence electrons. The van der Waals surface area contributed by atoms with E-state index in [0.717, 1.165) is 0 Å². The van der Waals surface area contributed by atoms with Gasteiger partial charge in [-0.3, -0.25) is 19.7 Å². The second kappa shape index (κ2) is 9.79. The fraction of sp³-hybridized carbons (Fsp3) is 0.538. The van der Waals surface area contributed by atoms with E-state index in [1.807, 2.05) is 0 Å². The first kappa shape index (κ1) is 25.8. The molecule has 0 bridgehead atoms. The Kier molecular flexibility index (Phi) is 7.42. The zero-order valence-corrected chi connectivity index (χ0v) is 21.1. The number of benzene rings is 1. The van der Waals surface area contributed by atoms with Crippen LogP contribution in [-0.2, 0) is 14.4 Å². The number of carbonyl (C=O) groups excluding carboxylic acids is 4. The van der Waals surface area contributed by atoms with Crippen LogP contribution >= 0.6 is 11.6 Å². The van der Waals surface area contributed by atoms with E-state index in [1.54, 1.807) is 44.7 Å². The number of nitrogens with zero attached hydrogens (tertiary/aromatic N) is 1. The minimum Gasteiger partial charge on any atom is -0.496 e. The van der Waals surface area contributed by atoms with Crippen molar-refractivity contribution in [3.05, 3.63) is 28.3 Å². The van der Waals surface area contributed by atoms with Gasteiger partial charge in [-0.25, -0.2) is 4.79 Å². The maximum Gasteiger partial charge on any atom is 0.324 e. The Morgan fingerprint density at radius 2 is 1.74 bits per heavy atom. The van der Waals surface area contributed by atoms with Crippen LogP contribution in [0.3, 0.4) is 0 Å². The van der Waals surface area contributed by atoms with E-state index >= 15 is 0 Å². The molecule has 2 fully saturated rings. The lowest BCUT2D eigenvalue weighted by atomic mass is 9.63. The molecule has 1 saturated carbocycles. The lowest BCUT2D eigenvalue weighted by molar-refractivity contribution is -0.138. The van der Waals surface area contributed by atoms with Gasteiger partial charge in [-0.15, -0.1) is 5.92 Å². The van der Waals surface area contributed by atoms with Gasteiger partial charge in [0.25, 0.3) is 0 Å². The first-order valence-electron chi connectivity index (χ1n) is 11.4. The largest absolute Gasteiger partial charge is 0.496 e. The van der Waals surface area contributed by atoms with Gasteiger partial charge < -0.3 is 9.64 Å². The van der Waals surface area contributed by atoms with Gasteiger partial charge in [0.05, 0.1) is 7.11 Å². The van der Waals surface area contributed by atoms with Crippen LogP contribution in [0.4, 0.5) is 4.79 Å².